The molecule has 6 atom stereocenters. The molecule has 4 rings (SSSR count). The predicted octanol–water partition coefficient (Wildman–Crippen LogP) is 3.74. The number of oxime groups is 1. The Balaban J connectivity index is 1.66. The second-order valence-corrected chi connectivity index (χ2v) is 10.8. The van der Waals surface area contributed by atoms with Crippen molar-refractivity contribution in [1.82, 2.24) is 0 Å². The number of nitrogens with two attached hydrogens (primary N) is 1. The normalized spacial score (nSPS) is 46.1. The molecule has 4 fully saturated rings. The van der Waals surface area contributed by atoms with Gasteiger partial charge in [0.25, 0.3) is 0 Å². The second-order valence-electron chi connectivity index (χ2n) is 10.8. The Labute approximate surface area is 168 Å². The smallest absolute Gasteiger partial charge is 0.139 e. The largest absolute Gasteiger partial charge is 0.394 e. The van der Waals surface area contributed by atoms with Gasteiger partial charge >= 0.3 is 0 Å². The fourth-order valence-electron chi connectivity index (χ4n) is 7.87. The highest BCUT2D eigenvalue weighted by molar-refractivity contribution is 5.97. The number of ketones is 2. The molecule has 0 amide bonds. The topological polar surface area (TPSA) is 81.8 Å². The van der Waals surface area contributed by atoms with Crippen LogP contribution in [0.2, 0.25) is 0 Å². The van der Waals surface area contributed by atoms with Crippen LogP contribution in [0.25, 0.3) is 0 Å². The summed E-state index contributed by atoms with van der Waals surface area (Å²) in [5.74, 6) is 2.10. The lowest BCUT2D eigenvalue weighted by Crippen LogP contribution is -2.61. The molecule has 0 radical (unpaired) electrons. The highest BCUT2D eigenvalue weighted by atomic mass is 16.6. The zero-order chi connectivity index (χ0) is 20.3. The van der Waals surface area contributed by atoms with Crippen LogP contribution in [-0.2, 0) is 14.4 Å². The first kappa shape index (κ1) is 20.1. The molecule has 0 unspecified atom stereocenters. The van der Waals surface area contributed by atoms with E-state index in [1.807, 2.05) is 0 Å². The van der Waals surface area contributed by atoms with E-state index in [0.717, 1.165) is 37.8 Å². The van der Waals surface area contributed by atoms with E-state index in [0.29, 0.717) is 55.3 Å². The second kappa shape index (κ2) is 6.65. The molecule has 0 aromatic heterocycles. The van der Waals surface area contributed by atoms with Gasteiger partial charge in [-0.25, -0.2) is 0 Å². The van der Waals surface area contributed by atoms with E-state index in [2.05, 4.69) is 32.9 Å². The Morgan fingerprint density at radius 1 is 1.07 bits per heavy atom. The van der Waals surface area contributed by atoms with Crippen LogP contribution in [0.1, 0.15) is 72.6 Å². The van der Waals surface area contributed by atoms with Crippen molar-refractivity contribution >= 4 is 17.3 Å². The Kier molecular flexibility index (Phi) is 4.76. The van der Waals surface area contributed by atoms with Crippen LogP contribution >= 0.6 is 0 Å². The number of rotatable bonds is 3. The van der Waals surface area contributed by atoms with Gasteiger partial charge in [-0.1, -0.05) is 32.9 Å². The SMILES string of the molecule is CC1(C)C(=NOCCN)CC[C@]2(C)[C@H]3CC[C@]4(C)C(=O)CC[C@H]4[C@@H]3CC(=O)[C@@H]12. The molecule has 4 saturated carbocycles. The lowest BCUT2D eigenvalue weighted by Gasteiger charge is -2.62. The van der Waals surface area contributed by atoms with Crippen molar-refractivity contribution in [3.8, 4) is 0 Å². The lowest BCUT2D eigenvalue weighted by atomic mass is 9.41. The van der Waals surface area contributed by atoms with Crippen LogP contribution < -0.4 is 5.73 Å². The lowest BCUT2D eigenvalue weighted by molar-refractivity contribution is -0.160. The van der Waals surface area contributed by atoms with Crippen LogP contribution in [0.15, 0.2) is 5.16 Å². The molecule has 0 aromatic carbocycles. The summed E-state index contributed by atoms with van der Waals surface area (Å²) in [6.07, 6.45) is 6.26. The molecule has 28 heavy (non-hydrogen) atoms. The maximum absolute atomic E-state index is 13.6. The van der Waals surface area contributed by atoms with Crippen molar-refractivity contribution in [2.45, 2.75) is 72.6 Å². The van der Waals surface area contributed by atoms with Crippen LogP contribution in [0.3, 0.4) is 0 Å². The summed E-state index contributed by atoms with van der Waals surface area (Å²) >= 11 is 0. The number of hydrogen-bond donors (Lipinski definition) is 1. The average Bonchev–Trinajstić information content (AvgIpc) is 2.92. The van der Waals surface area contributed by atoms with Crippen molar-refractivity contribution < 1.29 is 14.4 Å². The Morgan fingerprint density at radius 3 is 2.54 bits per heavy atom. The van der Waals surface area contributed by atoms with Crippen molar-refractivity contribution in [1.29, 1.82) is 0 Å². The van der Waals surface area contributed by atoms with Gasteiger partial charge in [0.05, 0.1) is 5.71 Å². The standard InChI is InChI=1S/C23H36N2O3/c1-21(2)18(25-28-12-11-24)8-10-23(4)16-7-9-22(3)15(5-6-19(22)27)14(16)13-17(26)20(21)23/h14-16,20H,5-13,24H2,1-4H3/t14-,15-,16-,20-,22-,23+/m0/s1. The third-order valence-corrected chi connectivity index (χ3v) is 9.16. The number of fused-ring (bicyclic) bond motifs is 5. The van der Waals surface area contributed by atoms with Crippen molar-refractivity contribution in [2.24, 2.45) is 50.8 Å². The minimum absolute atomic E-state index is 0.0106. The third kappa shape index (κ3) is 2.64. The number of hydrogen-bond acceptors (Lipinski definition) is 5. The van der Waals surface area contributed by atoms with Crippen LogP contribution in [-0.4, -0.2) is 30.4 Å². The number of carbonyl (C=O) groups is 2. The summed E-state index contributed by atoms with van der Waals surface area (Å²) < 4.78 is 0. The maximum Gasteiger partial charge on any atom is 0.139 e. The summed E-state index contributed by atoms with van der Waals surface area (Å²) in [4.78, 5) is 31.6. The molecule has 0 heterocycles. The van der Waals surface area contributed by atoms with E-state index in [4.69, 9.17) is 10.6 Å². The third-order valence-electron chi connectivity index (χ3n) is 9.16. The summed E-state index contributed by atoms with van der Waals surface area (Å²) in [7, 11) is 0. The van der Waals surface area contributed by atoms with Gasteiger partial charge in [0.15, 0.2) is 0 Å². The van der Waals surface area contributed by atoms with Gasteiger partial charge in [0.1, 0.15) is 18.2 Å². The number of nitrogens with zero attached hydrogens (tertiary/aromatic N) is 1. The molecule has 0 bridgehead atoms. The van der Waals surface area contributed by atoms with Gasteiger partial charge in [0.2, 0.25) is 0 Å². The zero-order valence-electron chi connectivity index (χ0n) is 17.9. The van der Waals surface area contributed by atoms with E-state index in [-0.39, 0.29) is 22.2 Å². The van der Waals surface area contributed by atoms with E-state index in [1.165, 1.54) is 0 Å². The van der Waals surface area contributed by atoms with Gasteiger partial charge in [-0.3, -0.25) is 9.59 Å². The first-order valence-corrected chi connectivity index (χ1v) is 11.1. The highest BCUT2D eigenvalue weighted by Crippen LogP contribution is 2.66. The summed E-state index contributed by atoms with van der Waals surface area (Å²) in [6.45, 7) is 9.72. The van der Waals surface area contributed by atoms with Crippen molar-refractivity contribution in [3.63, 3.8) is 0 Å². The molecule has 156 valence electrons. The van der Waals surface area contributed by atoms with Crippen LogP contribution in [0, 0.1) is 39.9 Å². The van der Waals surface area contributed by atoms with Gasteiger partial charge in [0, 0.05) is 36.1 Å². The molecular weight excluding hydrogens is 352 g/mol. The Morgan fingerprint density at radius 2 is 1.82 bits per heavy atom. The predicted molar refractivity (Wildman–Crippen MR) is 109 cm³/mol. The van der Waals surface area contributed by atoms with Gasteiger partial charge in [-0.2, -0.15) is 0 Å². The van der Waals surface area contributed by atoms with Gasteiger partial charge in [-0.05, 0) is 55.3 Å². The zero-order valence-corrected chi connectivity index (χ0v) is 17.9. The quantitative estimate of drug-likeness (QED) is 0.590. The molecule has 0 aromatic rings. The van der Waals surface area contributed by atoms with E-state index >= 15 is 0 Å². The molecule has 0 aliphatic heterocycles. The van der Waals surface area contributed by atoms with Gasteiger partial charge in [-0.15, -0.1) is 0 Å². The molecule has 0 spiro atoms. The van der Waals surface area contributed by atoms with Crippen LogP contribution in [0.4, 0.5) is 0 Å². The maximum atomic E-state index is 13.6. The average molecular weight is 389 g/mol. The van der Waals surface area contributed by atoms with Crippen molar-refractivity contribution in [3.05, 3.63) is 0 Å². The van der Waals surface area contributed by atoms with E-state index in [1.54, 1.807) is 0 Å². The number of Topliss-reactive ketones (excluding diaryl/α,β-unsaturated/α-hetero) is 2. The summed E-state index contributed by atoms with van der Waals surface area (Å²) in [5.41, 5.74) is 6.04. The molecule has 5 nitrogen and oxygen atoms in total. The minimum Gasteiger partial charge on any atom is -0.394 e. The van der Waals surface area contributed by atoms with E-state index in [9.17, 15) is 9.59 Å². The molecule has 4 aliphatic carbocycles. The first-order chi connectivity index (χ1) is 13.2. The molecule has 2 N–H and O–H groups in total. The molecule has 0 saturated heterocycles. The minimum atomic E-state index is -0.296. The molecule has 5 heteroatoms. The first-order valence-electron chi connectivity index (χ1n) is 11.1. The number of carbonyl (C=O) groups excluding carboxylic acids is 2. The van der Waals surface area contributed by atoms with E-state index < -0.39 is 0 Å². The Bertz CT molecular complexity index is 715. The van der Waals surface area contributed by atoms with Crippen LogP contribution in [0.5, 0.6) is 0 Å². The monoisotopic (exact) mass is 388 g/mol. The summed E-state index contributed by atoms with van der Waals surface area (Å²) in [6, 6.07) is 0. The van der Waals surface area contributed by atoms with Crippen molar-refractivity contribution in [2.75, 3.05) is 13.2 Å². The van der Waals surface area contributed by atoms with Gasteiger partial charge < -0.3 is 10.6 Å². The Hall–Kier alpha value is -1.23. The highest BCUT2D eigenvalue weighted by Gasteiger charge is 2.65. The fourth-order valence-corrected chi connectivity index (χ4v) is 7.87. The molecular formula is C23H36N2O3. The fraction of sp³-hybridized carbons (Fsp3) is 0.870. The molecule has 4 aliphatic rings. The summed E-state index contributed by atoms with van der Waals surface area (Å²) in [5, 5.41) is 4.40.